The van der Waals surface area contributed by atoms with Crippen molar-refractivity contribution in [1.82, 2.24) is 0 Å². The lowest BCUT2D eigenvalue weighted by Gasteiger charge is -2.66. The molecule has 3 fully saturated rings. The van der Waals surface area contributed by atoms with Crippen LogP contribution in [-0.2, 0) is 0 Å². The van der Waals surface area contributed by atoms with Gasteiger partial charge in [0.05, 0.1) is 0 Å². The molecule has 3 rings (SSSR count). The van der Waals surface area contributed by atoms with Crippen LogP contribution in [0.2, 0.25) is 0 Å². The second kappa shape index (κ2) is 2.48. The highest BCUT2D eigenvalue weighted by molar-refractivity contribution is 5.13. The van der Waals surface area contributed by atoms with Gasteiger partial charge in [-0.1, -0.05) is 13.8 Å². The van der Waals surface area contributed by atoms with Crippen molar-refractivity contribution in [1.29, 1.82) is 0 Å². The largest absolute Gasteiger partial charge is 0.396 e. The van der Waals surface area contributed by atoms with Crippen LogP contribution in [0.15, 0.2) is 0 Å². The minimum atomic E-state index is -0.146. The molecule has 13 heavy (non-hydrogen) atoms. The van der Waals surface area contributed by atoms with Gasteiger partial charge in [0.15, 0.2) is 0 Å². The normalized spacial score (nSPS) is 52.8. The van der Waals surface area contributed by atoms with E-state index in [9.17, 15) is 5.11 Å². The Balaban J connectivity index is 2.23. The first-order valence-corrected chi connectivity index (χ1v) is 5.30. The fourth-order valence-electron chi connectivity index (χ4n) is 3.62. The molecule has 0 saturated heterocycles. The van der Waals surface area contributed by atoms with E-state index in [0.29, 0.717) is 17.3 Å². The molecule has 0 heterocycles. The highest BCUT2D eigenvalue weighted by Gasteiger charge is 2.61. The Labute approximate surface area is 80.5 Å². The molecule has 2 nitrogen and oxygen atoms in total. The molecule has 4 atom stereocenters. The van der Waals surface area contributed by atoms with Crippen LogP contribution in [0.1, 0.15) is 33.6 Å². The van der Waals surface area contributed by atoms with Gasteiger partial charge in [-0.15, -0.1) is 0 Å². The van der Waals surface area contributed by atoms with Gasteiger partial charge in [0.2, 0.25) is 0 Å². The molecule has 0 aromatic heterocycles. The Hall–Kier alpha value is -0.0800. The summed E-state index contributed by atoms with van der Waals surface area (Å²) >= 11 is 0. The molecule has 0 aromatic carbocycles. The first kappa shape index (κ1) is 9.47. The maximum absolute atomic E-state index is 9.26. The molecule has 0 aromatic rings. The Bertz CT molecular complexity index is 222. The second-order valence-corrected chi connectivity index (χ2v) is 5.79. The highest BCUT2D eigenvalue weighted by atomic mass is 16.3. The highest BCUT2D eigenvalue weighted by Crippen LogP contribution is 2.63. The van der Waals surface area contributed by atoms with Crippen molar-refractivity contribution in [2.24, 2.45) is 28.9 Å². The summed E-state index contributed by atoms with van der Waals surface area (Å²) in [7, 11) is 0. The summed E-state index contributed by atoms with van der Waals surface area (Å²) in [5, 5.41) is 9.26. The smallest absolute Gasteiger partial charge is 0.0476 e. The molecule has 3 saturated carbocycles. The van der Waals surface area contributed by atoms with Crippen LogP contribution in [-0.4, -0.2) is 17.3 Å². The van der Waals surface area contributed by atoms with Crippen LogP contribution < -0.4 is 5.73 Å². The Kier molecular flexibility index (Phi) is 1.81. The first-order valence-electron chi connectivity index (χ1n) is 5.30. The van der Waals surface area contributed by atoms with E-state index in [1.807, 2.05) is 0 Å². The standard InChI is InChI=1S/C11H21NO/c1-10(2)7-4-8(6-13)11(3,12)9(10)5-7/h7-9,13H,4-6,12H2,1-3H3/t7?,8?,9?,11-/m0/s1. The Morgan fingerprint density at radius 1 is 1.31 bits per heavy atom. The third-order valence-electron chi connectivity index (χ3n) is 4.89. The third-order valence-corrected chi connectivity index (χ3v) is 4.89. The summed E-state index contributed by atoms with van der Waals surface area (Å²) in [6.07, 6.45) is 2.39. The quantitative estimate of drug-likeness (QED) is 0.645. The number of fused-ring (bicyclic) bond motifs is 2. The van der Waals surface area contributed by atoms with Crippen molar-refractivity contribution in [3.63, 3.8) is 0 Å². The zero-order valence-electron chi connectivity index (χ0n) is 8.88. The van der Waals surface area contributed by atoms with Crippen molar-refractivity contribution < 1.29 is 5.11 Å². The van der Waals surface area contributed by atoms with Crippen molar-refractivity contribution in [3.05, 3.63) is 0 Å². The molecule has 0 aliphatic heterocycles. The molecular formula is C11H21NO. The first-order chi connectivity index (χ1) is 5.90. The van der Waals surface area contributed by atoms with E-state index in [1.54, 1.807) is 0 Å². The van der Waals surface area contributed by atoms with Crippen LogP contribution in [0.25, 0.3) is 0 Å². The summed E-state index contributed by atoms with van der Waals surface area (Å²) in [5.41, 5.74) is 6.60. The lowest BCUT2D eigenvalue weighted by molar-refractivity contribution is -0.149. The predicted octanol–water partition coefficient (Wildman–Crippen LogP) is 1.38. The summed E-state index contributed by atoms with van der Waals surface area (Å²) in [6, 6.07) is 0. The number of hydrogen-bond donors (Lipinski definition) is 2. The Morgan fingerprint density at radius 3 is 2.31 bits per heavy atom. The summed E-state index contributed by atoms with van der Waals surface area (Å²) in [5.74, 6) is 1.73. The van der Waals surface area contributed by atoms with Gasteiger partial charge < -0.3 is 10.8 Å². The van der Waals surface area contributed by atoms with Crippen molar-refractivity contribution in [3.8, 4) is 0 Å². The maximum Gasteiger partial charge on any atom is 0.0476 e. The second-order valence-electron chi connectivity index (χ2n) is 5.79. The van der Waals surface area contributed by atoms with E-state index < -0.39 is 0 Å². The van der Waals surface area contributed by atoms with E-state index in [1.165, 1.54) is 6.42 Å². The van der Waals surface area contributed by atoms with Crippen LogP contribution in [0.4, 0.5) is 0 Å². The minimum Gasteiger partial charge on any atom is -0.396 e. The average molecular weight is 183 g/mol. The summed E-state index contributed by atoms with van der Waals surface area (Å²) in [4.78, 5) is 0. The average Bonchev–Trinajstić information content (AvgIpc) is 2.01. The zero-order chi connectivity index (χ0) is 9.85. The lowest BCUT2D eigenvalue weighted by Crippen LogP contribution is -2.68. The molecule has 76 valence electrons. The van der Waals surface area contributed by atoms with Crippen LogP contribution in [0.3, 0.4) is 0 Å². The molecule has 0 amide bonds. The number of rotatable bonds is 1. The minimum absolute atomic E-state index is 0.146. The Morgan fingerprint density at radius 2 is 1.92 bits per heavy atom. The van der Waals surface area contributed by atoms with Gasteiger partial charge in [0.1, 0.15) is 0 Å². The molecule has 3 unspecified atom stereocenters. The van der Waals surface area contributed by atoms with Crippen molar-refractivity contribution in [2.45, 2.75) is 39.2 Å². The van der Waals surface area contributed by atoms with Gasteiger partial charge in [0, 0.05) is 18.1 Å². The van der Waals surface area contributed by atoms with Gasteiger partial charge in [-0.25, -0.2) is 0 Å². The molecule has 0 spiro atoms. The van der Waals surface area contributed by atoms with Crippen molar-refractivity contribution >= 4 is 0 Å². The van der Waals surface area contributed by atoms with E-state index in [0.717, 1.165) is 12.3 Å². The van der Waals surface area contributed by atoms with Gasteiger partial charge in [-0.05, 0) is 37.0 Å². The monoisotopic (exact) mass is 183 g/mol. The fraction of sp³-hybridized carbons (Fsp3) is 1.00. The van der Waals surface area contributed by atoms with Crippen LogP contribution in [0.5, 0.6) is 0 Å². The molecule has 2 bridgehead atoms. The third kappa shape index (κ3) is 1.02. The fourth-order valence-corrected chi connectivity index (χ4v) is 3.62. The van der Waals surface area contributed by atoms with Crippen LogP contribution in [0, 0.1) is 23.2 Å². The SMILES string of the molecule is CC1(C)C2CC(CO)[C@](C)(N)C1C2. The van der Waals surface area contributed by atoms with E-state index >= 15 is 0 Å². The topological polar surface area (TPSA) is 46.2 Å². The van der Waals surface area contributed by atoms with E-state index in [-0.39, 0.29) is 12.1 Å². The van der Waals surface area contributed by atoms with Crippen molar-refractivity contribution in [2.75, 3.05) is 6.61 Å². The van der Waals surface area contributed by atoms with Gasteiger partial charge in [-0.3, -0.25) is 0 Å². The van der Waals surface area contributed by atoms with E-state index in [2.05, 4.69) is 20.8 Å². The number of nitrogens with two attached hydrogens (primary N) is 1. The molecule has 3 aliphatic carbocycles. The molecule has 0 radical (unpaired) electrons. The molecule has 3 aliphatic rings. The number of hydrogen-bond acceptors (Lipinski definition) is 2. The number of aliphatic hydroxyl groups excluding tert-OH is 1. The lowest BCUT2D eigenvalue weighted by atomic mass is 9.41. The zero-order valence-corrected chi connectivity index (χ0v) is 8.88. The maximum atomic E-state index is 9.26. The predicted molar refractivity (Wildman–Crippen MR) is 53.2 cm³/mol. The van der Waals surface area contributed by atoms with Gasteiger partial charge in [0.25, 0.3) is 0 Å². The summed E-state index contributed by atoms with van der Waals surface area (Å²) < 4.78 is 0. The number of aliphatic hydroxyl groups is 1. The van der Waals surface area contributed by atoms with Gasteiger partial charge in [-0.2, -0.15) is 0 Å². The summed E-state index contributed by atoms with van der Waals surface area (Å²) in [6.45, 7) is 7.03. The van der Waals surface area contributed by atoms with Gasteiger partial charge >= 0.3 is 0 Å². The molecule has 3 N–H and O–H groups in total. The van der Waals surface area contributed by atoms with Crippen LogP contribution >= 0.6 is 0 Å². The van der Waals surface area contributed by atoms with E-state index in [4.69, 9.17) is 5.73 Å². The molecule has 2 heteroatoms. The molecular weight excluding hydrogens is 162 g/mol.